The second kappa shape index (κ2) is 6.96. The van der Waals surface area contributed by atoms with Gasteiger partial charge in [0, 0.05) is 30.1 Å². The number of hydrogen-bond acceptors (Lipinski definition) is 5. The Morgan fingerprint density at radius 3 is 2.57 bits per heavy atom. The van der Waals surface area contributed by atoms with Crippen LogP contribution in [0.1, 0.15) is 25.9 Å². The zero-order valence-corrected chi connectivity index (χ0v) is 12.4. The highest BCUT2D eigenvalue weighted by molar-refractivity contribution is 7.09. The van der Waals surface area contributed by atoms with Crippen molar-refractivity contribution in [2.45, 2.75) is 6.42 Å². The number of amides is 2. The molecule has 0 unspecified atom stereocenters. The van der Waals surface area contributed by atoms with E-state index < -0.39 is 0 Å². The second-order valence-electron chi connectivity index (χ2n) is 4.28. The number of aromatic nitrogens is 1. The zero-order chi connectivity index (χ0) is 15.2. The summed E-state index contributed by atoms with van der Waals surface area (Å²) < 4.78 is 0. The van der Waals surface area contributed by atoms with E-state index in [9.17, 15) is 9.59 Å². The standard InChI is InChI=1S/C14H16N4O2S/c1-16-13(19)9-2-4-10(5-3-9)17-14(20)11-8-21-12(18-11)6-7-15/h2-5,8H,6-7,15H2,1H3,(H,16,19)(H,17,20). The lowest BCUT2D eigenvalue weighted by Gasteiger charge is -2.04. The molecule has 0 aliphatic rings. The lowest BCUT2D eigenvalue weighted by molar-refractivity contribution is 0.0962. The predicted octanol–water partition coefficient (Wildman–Crippen LogP) is 1.26. The van der Waals surface area contributed by atoms with Gasteiger partial charge in [-0.15, -0.1) is 11.3 Å². The third kappa shape index (κ3) is 3.87. The van der Waals surface area contributed by atoms with Crippen LogP contribution < -0.4 is 16.4 Å². The van der Waals surface area contributed by atoms with E-state index in [4.69, 9.17) is 5.73 Å². The Labute approximate surface area is 126 Å². The molecule has 6 nitrogen and oxygen atoms in total. The van der Waals surface area contributed by atoms with Crippen LogP contribution >= 0.6 is 11.3 Å². The number of carbonyl (C=O) groups is 2. The van der Waals surface area contributed by atoms with Gasteiger partial charge in [0.2, 0.25) is 0 Å². The van der Waals surface area contributed by atoms with Crippen molar-refractivity contribution >= 4 is 28.8 Å². The molecule has 0 spiro atoms. The van der Waals surface area contributed by atoms with E-state index >= 15 is 0 Å². The third-order valence-electron chi connectivity index (χ3n) is 2.77. The first-order chi connectivity index (χ1) is 10.1. The quantitative estimate of drug-likeness (QED) is 0.774. The Balaban J connectivity index is 2.03. The number of nitrogens with zero attached hydrogens (tertiary/aromatic N) is 1. The van der Waals surface area contributed by atoms with Crippen molar-refractivity contribution in [3.05, 3.63) is 45.9 Å². The molecule has 0 bridgehead atoms. The van der Waals surface area contributed by atoms with Crippen molar-refractivity contribution in [1.29, 1.82) is 0 Å². The number of benzene rings is 1. The van der Waals surface area contributed by atoms with E-state index in [2.05, 4.69) is 15.6 Å². The number of rotatable bonds is 5. The average molecular weight is 304 g/mol. The Kier molecular flexibility index (Phi) is 5.02. The Morgan fingerprint density at radius 2 is 1.95 bits per heavy atom. The zero-order valence-electron chi connectivity index (χ0n) is 11.6. The lowest BCUT2D eigenvalue weighted by Crippen LogP contribution is -2.18. The third-order valence-corrected chi connectivity index (χ3v) is 3.68. The van der Waals surface area contributed by atoms with Crippen LogP contribution in [0.25, 0.3) is 0 Å². The van der Waals surface area contributed by atoms with Crippen LogP contribution in [0.15, 0.2) is 29.6 Å². The Bertz CT molecular complexity index is 637. The summed E-state index contributed by atoms with van der Waals surface area (Å²) in [6, 6.07) is 6.65. The predicted molar refractivity (Wildman–Crippen MR) is 82.7 cm³/mol. The number of thiazole rings is 1. The molecule has 0 aliphatic heterocycles. The van der Waals surface area contributed by atoms with Gasteiger partial charge in [-0.05, 0) is 30.8 Å². The summed E-state index contributed by atoms with van der Waals surface area (Å²) >= 11 is 1.42. The number of hydrogen-bond donors (Lipinski definition) is 3. The molecule has 1 aromatic heterocycles. The van der Waals surface area contributed by atoms with Crippen molar-refractivity contribution in [3.8, 4) is 0 Å². The van der Waals surface area contributed by atoms with Crippen LogP contribution in [0.3, 0.4) is 0 Å². The van der Waals surface area contributed by atoms with Gasteiger partial charge in [0.05, 0.1) is 5.01 Å². The van der Waals surface area contributed by atoms with E-state index in [0.29, 0.717) is 29.9 Å². The molecule has 0 aliphatic carbocycles. The Morgan fingerprint density at radius 1 is 1.24 bits per heavy atom. The van der Waals surface area contributed by atoms with Crippen LogP contribution in [-0.4, -0.2) is 30.4 Å². The van der Waals surface area contributed by atoms with Gasteiger partial charge < -0.3 is 16.4 Å². The molecule has 0 radical (unpaired) electrons. The van der Waals surface area contributed by atoms with Gasteiger partial charge in [-0.1, -0.05) is 0 Å². The minimum absolute atomic E-state index is 0.168. The summed E-state index contributed by atoms with van der Waals surface area (Å²) in [6.07, 6.45) is 0.665. The number of nitrogens with one attached hydrogen (secondary N) is 2. The van der Waals surface area contributed by atoms with Gasteiger partial charge in [-0.2, -0.15) is 0 Å². The summed E-state index contributed by atoms with van der Waals surface area (Å²) in [5, 5.41) is 7.83. The summed E-state index contributed by atoms with van der Waals surface area (Å²) in [7, 11) is 1.57. The van der Waals surface area contributed by atoms with E-state index in [1.807, 2.05) is 0 Å². The molecular formula is C14H16N4O2S. The maximum absolute atomic E-state index is 12.0. The highest BCUT2D eigenvalue weighted by atomic mass is 32.1. The molecule has 0 saturated heterocycles. The maximum atomic E-state index is 12.0. The smallest absolute Gasteiger partial charge is 0.275 e. The fraction of sp³-hybridized carbons (Fsp3) is 0.214. The first-order valence-electron chi connectivity index (χ1n) is 6.42. The maximum Gasteiger partial charge on any atom is 0.275 e. The van der Waals surface area contributed by atoms with E-state index in [0.717, 1.165) is 5.01 Å². The highest BCUT2D eigenvalue weighted by Gasteiger charge is 2.11. The van der Waals surface area contributed by atoms with Crippen LogP contribution in [0.2, 0.25) is 0 Å². The summed E-state index contributed by atoms with van der Waals surface area (Å²) in [5.41, 5.74) is 6.98. The Hall–Kier alpha value is -2.25. The molecule has 0 saturated carbocycles. The highest BCUT2D eigenvalue weighted by Crippen LogP contribution is 2.14. The summed E-state index contributed by atoms with van der Waals surface area (Å²) in [5.74, 6) is -0.444. The van der Waals surface area contributed by atoms with Crippen LogP contribution in [0, 0.1) is 0 Å². The molecule has 110 valence electrons. The van der Waals surface area contributed by atoms with Gasteiger partial charge in [-0.3, -0.25) is 9.59 Å². The topological polar surface area (TPSA) is 97.1 Å². The molecule has 2 rings (SSSR count). The minimum atomic E-state index is -0.276. The van der Waals surface area contributed by atoms with Crippen LogP contribution in [0.5, 0.6) is 0 Å². The molecule has 21 heavy (non-hydrogen) atoms. The molecule has 4 N–H and O–H groups in total. The molecule has 1 aromatic carbocycles. The van der Waals surface area contributed by atoms with Crippen molar-refractivity contribution in [3.63, 3.8) is 0 Å². The largest absolute Gasteiger partial charge is 0.355 e. The van der Waals surface area contributed by atoms with E-state index in [-0.39, 0.29) is 11.8 Å². The summed E-state index contributed by atoms with van der Waals surface area (Å²) in [6.45, 7) is 0.509. The monoisotopic (exact) mass is 304 g/mol. The normalized spacial score (nSPS) is 10.2. The first kappa shape index (κ1) is 15.1. The first-order valence-corrected chi connectivity index (χ1v) is 7.30. The number of anilines is 1. The van der Waals surface area contributed by atoms with Crippen molar-refractivity contribution in [2.75, 3.05) is 18.9 Å². The van der Waals surface area contributed by atoms with Crippen LogP contribution in [-0.2, 0) is 6.42 Å². The van der Waals surface area contributed by atoms with Gasteiger partial charge >= 0.3 is 0 Å². The molecule has 7 heteroatoms. The molecule has 2 aromatic rings. The van der Waals surface area contributed by atoms with Gasteiger partial charge in [0.25, 0.3) is 11.8 Å². The van der Waals surface area contributed by atoms with Crippen molar-refractivity contribution in [1.82, 2.24) is 10.3 Å². The van der Waals surface area contributed by atoms with E-state index in [1.54, 1.807) is 36.7 Å². The average Bonchev–Trinajstić information content (AvgIpc) is 2.96. The molecule has 1 heterocycles. The molecule has 2 amide bonds. The SMILES string of the molecule is CNC(=O)c1ccc(NC(=O)c2csc(CCN)n2)cc1. The summed E-state index contributed by atoms with van der Waals surface area (Å²) in [4.78, 5) is 27.7. The van der Waals surface area contributed by atoms with Gasteiger partial charge in [0.15, 0.2) is 0 Å². The fourth-order valence-corrected chi connectivity index (χ4v) is 2.49. The van der Waals surface area contributed by atoms with Gasteiger partial charge in [-0.25, -0.2) is 4.98 Å². The molecule has 0 atom stereocenters. The fourth-order valence-electron chi connectivity index (χ4n) is 1.70. The second-order valence-corrected chi connectivity index (χ2v) is 5.22. The lowest BCUT2D eigenvalue weighted by atomic mass is 10.2. The number of carbonyl (C=O) groups excluding carboxylic acids is 2. The molecular weight excluding hydrogens is 288 g/mol. The van der Waals surface area contributed by atoms with Crippen molar-refractivity contribution < 1.29 is 9.59 Å². The number of nitrogens with two attached hydrogens (primary N) is 1. The molecule has 0 fully saturated rings. The minimum Gasteiger partial charge on any atom is -0.355 e. The van der Waals surface area contributed by atoms with Crippen LogP contribution in [0.4, 0.5) is 5.69 Å². The van der Waals surface area contributed by atoms with Crippen molar-refractivity contribution in [2.24, 2.45) is 5.73 Å². The van der Waals surface area contributed by atoms with E-state index in [1.165, 1.54) is 11.3 Å². The van der Waals surface area contributed by atoms with Gasteiger partial charge in [0.1, 0.15) is 5.69 Å².